The van der Waals surface area contributed by atoms with Gasteiger partial charge in [0, 0.05) is 0 Å². The molecule has 0 bridgehead atoms. The summed E-state index contributed by atoms with van der Waals surface area (Å²) in [6.45, 7) is 0. The molecule has 4 atom stereocenters. The molecule has 1 aliphatic rings. The van der Waals surface area contributed by atoms with Crippen molar-refractivity contribution in [1.82, 2.24) is 0 Å². The summed E-state index contributed by atoms with van der Waals surface area (Å²) in [5.74, 6) is -8.20. The molecule has 4 aromatic rings. The van der Waals surface area contributed by atoms with Crippen LogP contribution in [0.4, 0.5) is 0 Å². The molecule has 0 aliphatic heterocycles. The fourth-order valence-electron chi connectivity index (χ4n) is 5.91. The largest absolute Gasteiger partial charge is 0.378 e. The summed E-state index contributed by atoms with van der Waals surface area (Å²) in [5.41, 5.74) is -14.7. The lowest BCUT2D eigenvalue weighted by molar-refractivity contribution is -0.544. The molecule has 1 aliphatic carbocycles. The van der Waals surface area contributed by atoms with E-state index in [9.17, 15) is 40.9 Å². The van der Waals surface area contributed by atoms with E-state index < -0.39 is 34.0 Å². The van der Waals surface area contributed by atoms with Crippen LogP contribution in [0, 0.1) is 0 Å². The fraction of sp³-hybridized carbons (Fsp3) is 0.200. The van der Waals surface area contributed by atoms with Crippen molar-refractivity contribution in [2.45, 2.75) is 34.0 Å². The van der Waals surface area contributed by atoms with Crippen LogP contribution in [-0.2, 0) is 22.4 Å². The standard InChI is InChI=1S/C30H28O8/c31-25(21-13-5-1-6-14-21)26(32,22-15-7-2-8-16-22)28(34,24-19-11-4-12-20-24)30(37,38)29(35,36)27(25,33)23-17-9-3-10-18-23/h1-20,31-38H. The molecule has 196 valence electrons. The lowest BCUT2D eigenvalue weighted by Crippen LogP contribution is -2.90. The maximum Gasteiger partial charge on any atom is 0.259 e. The average molecular weight is 517 g/mol. The molecular weight excluding hydrogens is 488 g/mol. The van der Waals surface area contributed by atoms with Crippen molar-refractivity contribution >= 4 is 0 Å². The molecule has 4 aromatic carbocycles. The van der Waals surface area contributed by atoms with Gasteiger partial charge in [-0.05, 0) is 22.3 Å². The molecular formula is C30H28O8. The Balaban J connectivity index is 2.06. The minimum atomic E-state index is -4.10. The van der Waals surface area contributed by atoms with Crippen LogP contribution in [-0.4, -0.2) is 52.4 Å². The third kappa shape index (κ3) is 2.86. The van der Waals surface area contributed by atoms with E-state index in [2.05, 4.69) is 0 Å². The predicted molar refractivity (Wildman–Crippen MR) is 136 cm³/mol. The Morgan fingerprint density at radius 1 is 0.263 bits per heavy atom. The number of rotatable bonds is 4. The lowest BCUT2D eigenvalue weighted by atomic mass is 9.45. The molecule has 0 aromatic heterocycles. The highest BCUT2D eigenvalue weighted by Gasteiger charge is 2.90. The molecule has 0 heterocycles. The highest BCUT2D eigenvalue weighted by Crippen LogP contribution is 2.69. The van der Waals surface area contributed by atoms with E-state index in [-0.39, 0.29) is 22.3 Å². The lowest BCUT2D eigenvalue weighted by Gasteiger charge is -2.69. The molecule has 5 rings (SSSR count). The van der Waals surface area contributed by atoms with E-state index >= 15 is 0 Å². The molecule has 0 amide bonds. The minimum Gasteiger partial charge on any atom is -0.378 e. The highest BCUT2D eigenvalue weighted by atomic mass is 16.6. The highest BCUT2D eigenvalue weighted by molar-refractivity contribution is 5.52. The van der Waals surface area contributed by atoms with Gasteiger partial charge in [-0.3, -0.25) is 0 Å². The van der Waals surface area contributed by atoms with Gasteiger partial charge in [0.2, 0.25) is 0 Å². The van der Waals surface area contributed by atoms with Crippen molar-refractivity contribution in [1.29, 1.82) is 0 Å². The second kappa shape index (κ2) is 8.54. The Kier molecular flexibility index (Phi) is 5.88. The van der Waals surface area contributed by atoms with Crippen LogP contribution in [0.2, 0.25) is 0 Å². The molecule has 4 unspecified atom stereocenters. The number of hydrogen-bond donors (Lipinski definition) is 8. The van der Waals surface area contributed by atoms with Gasteiger partial charge >= 0.3 is 0 Å². The van der Waals surface area contributed by atoms with Crippen LogP contribution >= 0.6 is 0 Å². The Labute approximate surface area is 218 Å². The van der Waals surface area contributed by atoms with Crippen molar-refractivity contribution in [3.8, 4) is 0 Å². The van der Waals surface area contributed by atoms with Gasteiger partial charge in [-0.15, -0.1) is 0 Å². The molecule has 8 N–H and O–H groups in total. The Bertz CT molecular complexity index is 1300. The monoisotopic (exact) mass is 516 g/mol. The minimum absolute atomic E-state index is 0.255. The van der Waals surface area contributed by atoms with E-state index in [1.165, 1.54) is 97.1 Å². The quantitative estimate of drug-likeness (QED) is 0.186. The van der Waals surface area contributed by atoms with E-state index in [1.807, 2.05) is 0 Å². The summed E-state index contributed by atoms with van der Waals surface area (Å²) in [6.07, 6.45) is 0. The Hall–Kier alpha value is -3.44. The van der Waals surface area contributed by atoms with Crippen LogP contribution in [0.15, 0.2) is 121 Å². The van der Waals surface area contributed by atoms with Crippen molar-refractivity contribution in [3.63, 3.8) is 0 Å². The molecule has 0 spiro atoms. The third-order valence-corrected chi connectivity index (χ3v) is 7.83. The second-order valence-corrected chi connectivity index (χ2v) is 9.65. The topological polar surface area (TPSA) is 162 Å². The van der Waals surface area contributed by atoms with Crippen LogP contribution < -0.4 is 0 Å². The van der Waals surface area contributed by atoms with E-state index in [4.69, 9.17) is 0 Å². The van der Waals surface area contributed by atoms with E-state index in [0.29, 0.717) is 0 Å². The first kappa shape index (κ1) is 26.2. The van der Waals surface area contributed by atoms with Gasteiger partial charge < -0.3 is 40.9 Å². The normalized spacial score (nSPS) is 32.0. The molecule has 0 saturated heterocycles. The molecule has 1 saturated carbocycles. The fourth-order valence-corrected chi connectivity index (χ4v) is 5.91. The smallest absolute Gasteiger partial charge is 0.259 e. The summed E-state index contributed by atoms with van der Waals surface area (Å²) in [4.78, 5) is 0. The van der Waals surface area contributed by atoms with Crippen molar-refractivity contribution in [3.05, 3.63) is 144 Å². The number of hydrogen-bond acceptors (Lipinski definition) is 8. The Morgan fingerprint density at radius 2 is 0.447 bits per heavy atom. The van der Waals surface area contributed by atoms with Crippen LogP contribution in [0.1, 0.15) is 22.3 Å². The first-order valence-corrected chi connectivity index (χ1v) is 11.9. The first-order chi connectivity index (χ1) is 17.9. The summed E-state index contributed by atoms with van der Waals surface area (Å²) < 4.78 is 0. The molecule has 0 radical (unpaired) electrons. The number of aliphatic hydroxyl groups is 8. The number of benzene rings is 4. The van der Waals surface area contributed by atoms with Gasteiger partial charge in [-0.2, -0.15) is 0 Å². The van der Waals surface area contributed by atoms with Gasteiger partial charge in [0.25, 0.3) is 11.6 Å². The van der Waals surface area contributed by atoms with E-state index in [0.717, 1.165) is 0 Å². The van der Waals surface area contributed by atoms with Gasteiger partial charge in [0.05, 0.1) is 0 Å². The van der Waals surface area contributed by atoms with Gasteiger partial charge in [0.15, 0.2) is 22.4 Å². The zero-order valence-corrected chi connectivity index (χ0v) is 20.1. The molecule has 1 fully saturated rings. The van der Waals surface area contributed by atoms with Crippen LogP contribution in [0.25, 0.3) is 0 Å². The first-order valence-electron chi connectivity index (χ1n) is 11.9. The van der Waals surface area contributed by atoms with Crippen LogP contribution in [0.5, 0.6) is 0 Å². The third-order valence-electron chi connectivity index (χ3n) is 7.83. The Morgan fingerprint density at radius 3 is 0.658 bits per heavy atom. The van der Waals surface area contributed by atoms with Crippen molar-refractivity contribution in [2.24, 2.45) is 0 Å². The SMILES string of the molecule is OC1(O)C(O)(O)C(O)(c2ccccc2)C(O)(c2ccccc2)C(O)(c2ccccc2)C1(O)c1ccccc1. The summed E-state index contributed by atoms with van der Waals surface area (Å²) >= 11 is 0. The van der Waals surface area contributed by atoms with Crippen molar-refractivity contribution < 1.29 is 40.9 Å². The van der Waals surface area contributed by atoms with Gasteiger partial charge in [-0.1, -0.05) is 121 Å². The summed E-state index contributed by atoms with van der Waals surface area (Å²) in [6, 6.07) is 28.0. The molecule has 38 heavy (non-hydrogen) atoms. The van der Waals surface area contributed by atoms with Crippen molar-refractivity contribution in [2.75, 3.05) is 0 Å². The van der Waals surface area contributed by atoms with Crippen LogP contribution in [0.3, 0.4) is 0 Å². The van der Waals surface area contributed by atoms with Gasteiger partial charge in [0.1, 0.15) is 0 Å². The maximum atomic E-state index is 12.9. The second-order valence-electron chi connectivity index (χ2n) is 9.65. The maximum absolute atomic E-state index is 12.9. The summed E-state index contributed by atoms with van der Waals surface area (Å²) in [5, 5.41) is 97.0. The van der Waals surface area contributed by atoms with Gasteiger partial charge in [-0.25, -0.2) is 0 Å². The molecule has 8 nitrogen and oxygen atoms in total. The van der Waals surface area contributed by atoms with E-state index in [1.54, 1.807) is 24.3 Å². The average Bonchev–Trinajstić information content (AvgIpc) is 2.96. The molecule has 8 heteroatoms. The summed E-state index contributed by atoms with van der Waals surface area (Å²) in [7, 11) is 0. The predicted octanol–water partition coefficient (Wildman–Crippen LogP) is 0.913. The zero-order valence-electron chi connectivity index (χ0n) is 20.1. The zero-order chi connectivity index (χ0) is 27.5.